The van der Waals surface area contributed by atoms with Gasteiger partial charge in [-0.15, -0.1) is 0 Å². The lowest BCUT2D eigenvalue weighted by molar-refractivity contribution is 0.0696. The molecule has 1 aliphatic rings. The molecule has 0 bridgehead atoms. The molecule has 1 fully saturated rings. The van der Waals surface area contributed by atoms with Crippen molar-refractivity contribution in [2.45, 2.75) is 31.8 Å². The molecule has 0 aromatic carbocycles. The summed E-state index contributed by atoms with van der Waals surface area (Å²) in [5.74, 6) is -1.47. The highest BCUT2D eigenvalue weighted by atomic mass is 16.4. The zero-order valence-corrected chi connectivity index (χ0v) is 11.0. The fraction of sp³-hybridized carbons (Fsp3) is 0.538. The van der Waals surface area contributed by atoms with Crippen molar-refractivity contribution in [2.24, 2.45) is 0 Å². The molecule has 104 valence electrons. The molecule has 1 heterocycles. The SMILES string of the molecule is CC(CNC(=O)c1cc(C(=O)O)co1)N(C)C1CC1. The highest BCUT2D eigenvalue weighted by Crippen LogP contribution is 2.26. The highest BCUT2D eigenvalue weighted by molar-refractivity contribution is 5.95. The molecular weight excluding hydrogens is 248 g/mol. The Balaban J connectivity index is 1.84. The second kappa shape index (κ2) is 5.44. The maximum Gasteiger partial charge on any atom is 0.338 e. The molecule has 1 aliphatic carbocycles. The summed E-state index contributed by atoms with van der Waals surface area (Å²) in [6.45, 7) is 2.55. The van der Waals surface area contributed by atoms with Crippen LogP contribution in [0, 0.1) is 0 Å². The maximum absolute atomic E-state index is 11.8. The summed E-state index contributed by atoms with van der Waals surface area (Å²) in [5.41, 5.74) is -0.0201. The van der Waals surface area contributed by atoms with Crippen LogP contribution < -0.4 is 5.32 Å². The molecule has 0 saturated heterocycles. The molecule has 0 spiro atoms. The quantitative estimate of drug-likeness (QED) is 0.808. The van der Waals surface area contributed by atoms with Crippen LogP contribution in [-0.4, -0.2) is 47.6 Å². The standard InChI is InChI=1S/C13H18N2O4/c1-8(15(2)10-3-4-10)6-14-12(16)11-5-9(7-19-11)13(17)18/h5,7-8,10H,3-4,6H2,1-2H3,(H,14,16)(H,17,18). The van der Waals surface area contributed by atoms with Crippen LogP contribution in [0.3, 0.4) is 0 Å². The van der Waals surface area contributed by atoms with Gasteiger partial charge in [0, 0.05) is 24.7 Å². The molecule has 1 atom stereocenters. The van der Waals surface area contributed by atoms with E-state index in [0.717, 1.165) is 6.26 Å². The summed E-state index contributed by atoms with van der Waals surface area (Å²) in [6.07, 6.45) is 3.50. The van der Waals surface area contributed by atoms with Crippen molar-refractivity contribution in [2.75, 3.05) is 13.6 Å². The predicted octanol–water partition coefficient (Wildman–Crippen LogP) is 1.19. The Morgan fingerprint density at radius 3 is 2.79 bits per heavy atom. The van der Waals surface area contributed by atoms with E-state index < -0.39 is 5.97 Å². The van der Waals surface area contributed by atoms with Gasteiger partial charge in [0.25, 0.3) is 5.91 Å². The summed E-state index contributed by atoms with van der Waals surface area (Å²) in [5, 5.41) is 11.5. The molecule has 19 heavy (non-hydrogen) atoms. The zero-order valence-electron chi connectivity index (χ0n) is 11.0. The van der Waals surface area contributed by atoms with E-state index in [9.17, 15) is 9.59 Å². The topological polar surface area (TPSA) is 82.8 Å². The molecular formula is C13H18N2O4. The molecule has 2 rings (SSSR count). The number of furan rings is 1. The number of nitrogens with one attached hydrogen (secondary N) is 1. The number of carboxylic acids is 1. The minimum absolute atomic E-state index is 0.0201. The maximum atomic E-state index is 11.8. The number of likely N-dealkylation sites (N-methyl/N-ethyl adjacent to an activating group) is 1. The first-order valence-electron chi connectivity index (χ1n) is 6.31. The largest absolute Gasteiger partial charge is 0.478 e. The molecule has 1 aromatic heterocycles. The van der Waals surface area contributed by atoms with E-state index in [2.05, 4.69) is 10.2 Å². The van der Waals surface area contributed by atoms with Gasteiger partial charge in [-0.1, -0.05) is 0 Å². The first-order valence-corrected chi connectivity index (χ1v) is 6.31. The number of hydrogen-bond donors (Lipinski definition) is 2. The molecule has 1 unspecified atom stereocenters. The van der Waals surface area contributed by atoms with E-state index in [1.807, 2.05) is 14.0 Å². The van der Waals surface area contributed by atoms with Gasteiger partial charge in [-0.2, -0.15) is 0 Å². The van der Waals surface area contributed by atoms with E-state index in [-0.39, 0.29) is 23.3 Å². The number of nitrogens with zero attached hydrogens (tertiary/aromatic N) is 1. The summed E-state index contributed by atoms with van der Waals surface area (Å²) in [4.78, 5) is 24.7. The van der Waals surface area contributed by atoms with Crippen LogP contribution in [0.1, 0.15) is 40.7 Å². The summed E-state index contributed by atoms with van der Waals surface area (Å²) < 4.78 is 4.93. The van der Waals surface area contributed by atoms with Crippen molar-refractivity contribution in [1.82, 2.24) is 10.2 Å². The van der Waals surface area contributed by atoms with E-state index in [4.69, 9.17) is 9.52 Å². The normalized spacial score (nSPS) is 16.4. The second-order valence-electron chi connectivity index (χ2n) is 4.96. The van der Waals surface area contributed by atoms with Crippen molar-refractivity contribution in [3.8, 4) is 0 Å². The fourth-order valence-electron chi connectivity index (χ4n) is 1.88. The van der Waals surface area contributed by atoms with Crippen LogP contribution >= 0.6 is 0 Å². The van der Waals surface area contributed by atoms with Crippen LogP contribution in [0.4, 0.5) is 0 Å². The molecule has 6 heteroatoms. The van der Waals surface area contributed by atoms with Gasteiger partial charge in [-0.05, 0) is 26.8 Å². The lowest BCUT2D eigenvalue weighted by Crippen LogP contribution is -2.41. The third-order valence-electron chi connectivity index (χ3n) is 3.45. The molecule has 1 amide bonds. The lowest BCUT2D eigenvalue weighted by Gasteiger charge is -2.24. The molecule has 0 aliphatic heterocycles. The smallest absolute Gasteiger partial charge is 0.338 e. The predicted molar refractivity (Wildman–Crippen MR) is 68.2 cm³/mol. The lowest BCUT2D eigenvalue weighted by atomic mass is 10.2. The van der Waals surface area contributed by atoms with E-state index >= 15 is 0 Å². The van der Waals surface area contributed by atoms with Crippen LogP contribution in [0.5, 0.6) is 0 Å². The van der Waals surface area contributed by atoms with Gasteiger partial charge >= 0.3 is 5.97 Å². The third-order valence-corrected chi connectivity index (χ3v) is 3.45. The van der Waals surface area contributed by atoms with Crippen LogP contribution in [0.15, 0.2) is 16.7 Å². The second-order valence-corrected chi connectivity index (χ2v) is 4.96. The van der Waals surface area contributed by atoms with Crippen LogP contribution in [0.25, 0.3) is 0 Å². The molecule has 0 radical (unpaired) electrons. The number of amides is 1. The van der Waals surface area contributed by atoms with Gasteiger partial charge in [-0.3, -0.25) is 9.69 Å². The number of hydrogen-bond acceptors (Lipinski definition) is 4. The Kier molecular flexibility index (Phi) is 3.90. The fourth-order valence-corrected chi connectivity index (χ4v) is 1.88. The van der Waals surface area contributed by atoms with Gasteiger partial charge in [0.1, 0.15) is 6.26 Å². The Hall–Kier alpha value is -1.82. The van der Waals surface area contributed by atoms with Crippen LogP contribution in [-0.2, 0) is 0 Å². The Bertz CT molecular complexity index is 479. The molecule has 2 N–H and O–H groups in total. The minimum atomic E-state index is -1.11. The molecule has 6 nitrogen and oxygen atoms in total. The van der Waals surface area contributed by atoms with Gasteiger partial charge in [0.2, 0.25) is 0 Å². The van der Waals surface area contributed by atoms with Gasteiger partial charge in [-0.25, -0.2) is 4.79 Å². The van der Waals surface area contributed by atoms with Gasteiger partial charge in [0.15, 0.2) is 5.76 Å². The average molecular weight is 266 g/mol. The monoisotopic (exact) mass is 266 g/mol. The Morgan fingerprint density at radius 2 is 2.26 bits per heavy atom. The van der Waals surface area contributed by atoms with E-state index in [1.54, 1.807) is 0 Å². The Labute approximate surface area is 111 Å². The van der Waals surface area contributed by atoms with Crippen molar-refractivity contribution in [1.29, 1.82) is 0 Å². The van der Waals surface area contributed by atoms with Crippen molar-refractivity contribution >= 4 is 11.9 Å². The molecule has 1 aromatic rings. The zero-order chi connectivity index (χ0) is 14.0. The van der Waals surface area contributed by atoms with Gasteiger partial charge in [0.05, 0.1) is 5.56 Å². The van der Waals surface area contributed by atoms with Crippen molar-refractivity contribution < 1.29 is 19.1 Å². The summed E-state index contributed by atoms with van der Waals surface area (Å²) in [7, 11) is 2.05. The highest BCUT2D eigenvalue weighted by Gasteiger charge is 2.29. The van der Waals surface area contributed by atoms with E-state index in [1.165, 1.54) is 18.9 Å². The first kappa shape index (κ1) is 13.6. The number of carbonyl (C=O) groups excluding carboxylic acids is 1. The minimum Gasteiger partial charge on any atom is -0.478 e. The van der Waals surface area contributed by atoms with Crippen molar-refractivity contribution in [3.05, 3.63) is 23.7 Å². The summed E-state index contributed by atoms with van der Waals surface area (Å²) >= 11 is 0. The number of carbonyl (C=O) groups is 2. The number of aromatic carboxylic acids is 1. The summed E-state index contributed by atoms with van der Waals surface area (Å²) in [6, 6.07) is 2.10. The first-order chi connectivity index (χ1) is 8.99. The average Bonchev–Trinajstić information content (AvgIpc) is 3.10. The van der Waals surface area contributed by atoms with Crippen LogP contribution in [0.2, 0.25) is 0 Å². The van der Waals surface area contributed by atoms with Gasteiger partial charge < -0.3 is 14.8 Å². The molecule has 1 saturated carbocycles. The number of carboxylic acid groups (broad SMARTS) is 1. The Morgan fingerprint density at radius 1 is 1.58 bits per heavy atom. The van der Waals surface area contributed by atoms with Crippen molar-refractivity contribution in [3.63, 3.8) is 0 Å². The van der Waals surface area contributed by atoms with E-state index in [0.29, 0.717) is 12.6 Å². The number of rotatable bonds is 6. The third kappa shape index (κ3) is 3.35.